The second kappa shape index (κ2) is 3.61. The van der Waals surface area contributed by atoms with Crippen molar-refractivity contribution in [1.29, 1.82) is 0 Å². The van der Waals surface area contributed by atoms with Crippen molar-refractivity contribution in [1.82, 2.24) is 9.97 Å². The van der Waals surface area contributed by atoms with E-state index in [0.717, 1.165) is 31.1 Å². The molecule has 2 saturated heterocycles. The van der Waals surface area contributed by atoms with E-state index in [-0.39, 0.29) is 0 Å². The van der Waals surface area contributed by atoms with Crippen molar-refractivity contribution >= 4 is 17.4 Å². The van der Waals surface area contributed by atoms with Crippen LogP contribution in [0.4, 0.5) is 5.82 Å². The number of morpholine rings is 1. The Kier molecular flexibility index (Phi) is 2.25. The van der Waals surface area contributed by atoms with Gasteiger partial charge in [-0.2, -0.15) is 0 Å². The number of hydrogen-bond acceptors (Lipinski definition) is 4. The Morgan fingerprint density at radius 2 is 2.40 bits per heavy atom. The van der Waals surface area contributed by atoms with Gasteiger partial charge in [-0.25, -0.2) is 4.98 Å². The monoisotopic (exact) mass is 225 g/mol. The van der Waals surface area contributed by atoms with Gasteiger partial charge < -0.3 is 9.64 Å². The third-order valence-electron chi connectivity index (χ3n) is 3.02. The average Bonchev–Trinajstić information content (AvgIpc) is 2.91. The van der Waals surface area contributed by atoms with Crippen molar-refractivity contribution < 1.29 is 4.74 Å². The highest BCUT2D eigenvalue weighted by molar-refractivity contribution is 6.16. The predicted octanol–water partition coefficient (Wildman–Crippen LogP) is 1.19. The van der Waals surface area contributed by atoms with Crippen LogP contribution in [0, 0.1) is 0 Å². The normalized spacial score (nSPS) is 28.7. The van der Waals surface area contributed by atoms with Gasteiger partial charge in [0.05, 0.1) is 42.7 Å². The van der Waals surface area contributed by atoms with Crippen LogP contribution in [-0.4, -0.2) is 35.3 Å². The van der Waals surface area contributed by atoms with Gasteiger partial charge in [0.25, 0.3) is 0 Å². The van der Waals surface area contributed by atoms with E-state index in [2.05, 4.69) is 14.9 Å². The van der Waals surface area contributed by atoms with Crippen LogP contribution >= 0.6 is 11.6 Å². The minimum Gasteiger partial charge on any atom is -0.374 e. The zero-order chi connectivity index (χ0) is 10.3. The van der Waals surface area contributed by atoms with Gasteiger partial charge in [-0.15, -0.1) is 11.6 Å². The summed E-state index contributed by atoms with van der Waals surface area (Å²) in [5.41, 5.74) is 0.820. The number of rotatable bonds is 2. The number of hydrogen-bond donors (Lipinski definition) is 0. The van der Waals surface area contributed by atoms with Crippen LogP contribution in [0.15, 0.2) is 12.4 Å². The van der Waals surface area contributed by atoms with Crippen LogP contribution in [0.5, 0.6) is 0 Å². The van der Waals surface area contributed by atoms with Gasteiger partial charge in [-0.1, -0.05) is 0 Å². The highest BCUT2D eigenvalue weighted by atomic mass is 35.5. The smallest absolute Gasteiger partial charge is 0.147 e. The lowest BCUT2D eigenvalue weighted by atomic mass is 10.2. The predicted molar refractivity (Wildman–Crippen MR) is 57.1 cm³/mol. The molecule has 2 bridgehead atoms. The molecular formula is C10H12ClN3O. The number of fused-ring (bicyclic) bond motifs is 2. The van der Waals surface area contributed by atoms with Gasteiger partial charge >= 0.3 is 0 Å². The Labute approximate surface area is 93.2 Å². The Balaban J connectivity index is 1.81. The molecule has 3 heterocycles. The molecule has 2 unspecified atom stereocenters. The largest absolute Gasteiger partial charge is 0.374 e. The van der Waals surface area contributed by atoms with E-state index in [9.17, 15) is 0 Å². The maximum absolute atomic E-state index is 5.67. The minimum atomic E-state index is 0.393. The summed E-state index contributed by atoms with van der Waals surface area (Å²) < 4.78 is 5.54. The topological polar surface area (TPSA) is 38.2 Å². The molecule has 0 aliphatic carbocycles. The fraction of sp³-hybridized carbons (Fsp3) is 0.600. The summed E-state index contributed by atoms with van der Waals surface area (Å²) in [4.78, 5) is 10.9. The first kappa shape index (κ1) is 9.36. The fourth-order valence-electron chi connectivity index (χ4n) is 2.25. The van der Waals surface area contributed by atoms with Crippen LogP contribution in [0.3, 0.4) is 0 Å². The summed E-state index contributed by atoms with van der Waals surface area (Å²) in [6, 6.07) is 0.492. The molecule has 2 aliphatic heterocycles. The zero-order valence-corrected chi connectivity index (χ0v) is 9.02. The van der Waals surface area contributed by atoms with E-state index in [4.69, 9.17) is 16.3 Å². The van der Waals surface area contributed by atoms with Crippen LogP contribution < -0.4 is 4.90 Å². The van der Waals surface area contributed by atoms with E-state index in [0.29, 0.717) is 18.0 Å². The van der Waals surface area contributed by atoms with E-state index in [1.807, 2.05) is 0 Å². The Bertz CT molecular complexity index is 356. The molecule has 4 nitrogen and oxygen atoms in total. The minimum absolute atomic E-state index is 0.393. The average molecular weight is 226 g/mol. The molecule has 2 fully saturated rings. The molecule has 15 heavy (non-hydrogen) atoms. The van der Waals surface area contributed by atoms with Crippen molar-refractivity contribution in [2.75, 3.05) is 18.1 Å². The first-order chi connectivity index (χ1) is 7.36. The Hall–Kier alpha value is -0.870. The summed E-state index contributed by atoms with van der Waals surface area (Å²) in [5, 5.41) is 0. The van der Waals surface area contributed by atoms with Gasteiger partial charge in [-0.3, -0.25) is 4.98 Å². The molecule has 0 saturated carbocycles. The second-order valence-electron chi connectivity index (χ2n) is 4.00. The standard InChI is InChI=1S/C10H12ClN3O/c11-2-7-3-13-10(4-12-7)14-5-9-1-8(14)6-15-9/h3-4,8-9H,1-2,5-6H2. The zero-order valence-electron chi connectivity index (χ0n) is 8.27. The Morgan fingerprint density at radius 3 is 2.93 bits per heavy atom. The lowest BCUT2D eigenvalue weighted by Gasteiger charge is -2.27. The summed E-state index contributed by atoms with van der Waals surface area (Å²) in [6.45, 7) is 1.77. The quantitative estimate of drug-likeness (QED) is 0.709. The van der Waals surface area contributed by atoms with E-state index in [1.54, 1.807) is 12.4 Å². The SMILES string of the molecule is ClCc1cnc(N2CC3CC2CO3)cn1. The van der Waals surface area contributed by atoms with Crippen molar-refractivity contribution in [3.8, 4) is 0 Å². The molecule has 1 aromatic rings. The molecule has 2 atom stereocenters. The van der Waals surface area contributed by atoms with Gasteiger partial charge in [-0.05, 0) is 6.42 Å². The second-order valence-corrected chi connectivity index (χ2v) is 4.26. The molecule has 0 radical (unpaired) electrons. The third-order valence-corrected chi connectivity index (χ3v) is 3.30. The molecule has 0 amide bonds. The summed E-state index contributed by atoms with van der Waals surface area (Å²) in [7, 11) is 0. The van der Waals surface area contributed by atoms with E-state index < -0.39 is 0 Å². The highest BCUT2D eigenvalue weighted by Gasteiger charge is 2.39. The molecule has 3 rings (SSSR count). The van der Waals surface area contributed by atoms with Gasteiger partial charge in [0.2, 0.25) is 0 Å². The van der Waals surface area contributed by atoms with Crippen LogP contribution in [0.25, 0.3) is 0 Å². The van der Waals surface area contributed by atoms with E-state index >= 15 is 0 Å². The lowest BCUT2D eigenvalue weighted by Crippen LogP contribution is -2.37. The summed E-state index contributed by atoms with van der Waals surface area (Å²) in [6.07, 6.45) is 5.07. The first-order valence-electron chi connectivity index (χ1n) is 5.12. The number of halogens is 1. The Morgan fingerprint density at radius 1 is 1.47 bits per heavy atom. The number of nitrogens with zero attached hydrogens (tertiary/aromatic N) is 3. The fourth-order valence-corrected chi connectivity index (χ4v) is 2.38. The molecule has 0 aromatic carbocycles. The highest BCUT2D eigenvalue weighted by Crippen LogP contribution is 2.30. The molecule has 5 heteroatoms. The summed E-state index contributed by atoms with van der Waals surface area (Å²) >= 11 is 5.67. The van der Waals surface area contributed by atoms with Gasteiger partial charge in [0.1, 0.15) is 5.82 Å². The van der Waals surface area contributed by atoms with Crippen molar-refractivity contribution in [3.63, 3.8) is 0 Å². The molecule has 1 aromatic heterocycles. The lowest BCUT2D eigenvalue weighted by molar-refractivity contribution is 0.0988. The van der Waals surface area contributed by atoms with Crippen LogP contribution in [-0.2, 0) is 10.6 Å². The first-order valence-corrected chi connectivity index (χ1v) is 5.65. The maximum Gasteiger partial charge on any atom is 0.147 e. The number of ether oxygens (including phenoxy) is 1. The van der Waals surface area contributed by atoms with Crippen LogP contribution in [0.2, 0.25) is 0 Å². The molecule has 2 aliphatic rings. The molecular weight excluding hydrogens is 214 g/mol. The van der Waals surface area contributed by atoms with Crippen molar-refractivity contribution in [2.45, 2.75) is 24.4 Å². The number of aromatic nitrogens is 2. The number of anilines is 1. The summed E-state index contributed by atoms with van der Waals surface area (Å²) in [5.74, 6) is 1.36. The molecule has 80 valence electrons. The van der Waals surface area contributed by atoms with Crippen molar-refractivity contribution in [3.05, 3.63) is 18.1 Å². The maximum atomic E-state index is 5.67. The molecule has 0 N–H and O–H groups in total. The number of alkyl halides is 1. The third kappa shape index (κ3) is 1.58. The van der Waals surface area contributed by atoms with Gasteiger partial charge in [0.15, 0.2) is 0 Å². The van der Waals surface area contributed by atoms with E-state index in [1.165, 1.54) is 0 Å². The van der Waals surface area contributed by atoms with Crippen molar-refractivity contribution in [2.24, 2.45) is 0 Å². The van der Waals surface area contributed by atoms with Gasteiger partial charge in [0, 0.05) is 6.54 Å². The van der Waals surface area contributed by atoms with Crippen LogP contribution in [0.1, 0.15) is 12.1 Å². The molecule has 0 spiro atoms.